The number of alkyl halides is 1. The van der Waals surface area contributed by atoms with E-state index in [0.717, 1.165) is 11.3 Å². The molecule has 0 aromatic carbocycles. The van der Waals surface area contributed by atoms with E-state index in [1.54, 1.807) is 6.20 Å². The normalized spacial score (nSPS) is 27.0. The fourth-order valence-corrected chi connectivity index (χ4v) is 3.52. The Morgan fingerprint density at radius 1 is 1.39 bits per heavy atom. The lowest BCUT2D eigenvalue weighted by Gasteiger charge is -2.24. The summed E-state index contributed by atoms with van der Waals surface area (Å²) < 4.78 is 33.5. The molecule has 1 aliphatic heterocycles. The molecule has 1 saturated heterocycles. The molecule has 3 heterocycles. The van der Waals surface area contributed by atoms with E-state index in [4.69, 9.17) is 4.74 Å². The Morgan fingerprint density at radius 2 is 2.22 bits per heavy atom. The van der Waals surface area contributed by atoms with E-state index in [2.05, 4.69) is 15.0 Å². The van der Waals surface area contributed by atoms with Gasteiger partial charge in [0.05, 0.1) is 30.2 Å². The van der Waals surface area contributed by atoms with Gasteiger partial charge in [-0.1, -0.05) is 6.92 Å². The van der Waals surface area contributed by atoms with E-state index in [0.29, 0.717) is 42.9 Å². The molecule has 1 saturated carbocycles. The summed E-state index contributed by atoms with van der Waals surface area (Å²) in [6.07, 6.45) is 0.625. The minimum atomic E-state index is -0.951. The number of aromatic nitrogens is 3. The zero-order valence-corrected chi connectivity index (χ0v) is 13.1. The molecule has 0 N–H and O–H groups in total. The van der Waals surface area contributed by atoms with Crippen LogP contribution in [0.15, 0.2) is 6.20 Å². The van der Waals surface area contributed by atoms with Crippen molar-refractivity contribution in [3.05, 3.63) is 23.5 Å². The van der Waals surface area contributed by atoms with Crippen LogP contribution in [0.5, 0.6) is 0 Å². The molecule has 2 aromatic heterocycles. The van der Waals surface area contributed by atoms with Crippen molar-refractivity contribution in [1.29, 1.82) is 0 Å². The summed E-state index contributed by atoms with van der Waals surface area (Å²) >= 11 is 0. The van der Waals surface area contributed by atoms with Crippen molar-refractivity contribution in [2.75, 3.05) is 24.7 Å². The molecular formula is C16H18F2N4O. The number of aryl methyl sites for hydroxylation is 2. The summed E-state index contributed by atoms with van der Waals surface area (Å²) in [5.41, 5.74) is 2.30. The third-order valence-electron chi connectivity index (χ3n) is 4.81. The number of nitrogens with zero attached hydrogens (tertiary/aromatic N) is 4. The number of anilines is 1. The lowest BCUT2D eigenvalue weighted by Crippen LogP contribution is -2.31. The van der Waals surface area contributed by atoms with Crippen LogP contribution in [0.4, 0.5) is 14.6 Å². The summed E-state index contributed by atoms with van der Waals surface area (Å²) in [6, 6.07) is -0.290. The molecule has 7 heteroatoms. The molecule has 122 valence electrons. The molecule has 4 rings (SSSR count). The molecule has 0 unspecified atom stereocenters. The number of rotatable bonds is 2. The molecule has 1 aliphatic carbocycles. The van der Waals surface area contributed by atoms with Crippen molar-refractivity contribution in [3.8, 4) is 0 Å². The maximum Gasteiger partial charge on any atom is 0.311 e. The van der Waals surface area contributed by atoms with Gasteiger partial charge in [-0.05, 0) is 18.9 Å². The molecule has 0 amide bonds. The molecule has 2 aromatic rings. The second kappa shape index (κ2) is 5.33. The predicted molar refractivity (Wildman–Crippen MR) is 81.7 cm³/mol. The lowest BCUT2D eigenvalue weighted by atomic mass is 10.1. The maximum atomic E-state index is 14.0. The number of fused-ring (bicyclic) bond motifs is 2. The van der Waals surface area contributed by atoms with Crippen LogP contribution in [-0.2, 0) is 11.2 Å². The second-order valence-electron chi connectivity index (χ2n) is 6.12. The van der Waals surface area contributed by atoms with Gasteiger partial charge in [0.1, 0.15) is 12.0 Å². The number of halogens is 2. The monoisotopic (exact) mass is 320 g/mol. The van der Waals surface area contributed by atoms with Crippen LogP contribution >= 0.6 is 0 Å². The third-order valence-corrected chi connectivity index (χ3v) is 4.81. The molecule has 5 nitrogen and oxygen atoms in total. The average molecular weight is 320 g/mol. The van der Waals surface area contributed by atoms with Crippen molar-refractivity contribution in [2.45, 2.75) is 32.5 Å². The van der Waals surface area contributed by atoms with Crippen LogP contribution in [0.2, 0.25) is 0 Å². The largest absolute Gasteiger partial charge is 0.379 e. The van der Waals surface area contributed by atoms with Crippen LogP contribution in [0.25, 0.3) is 10.9 Å². The van der Waals surface area contributed by atoms with Crippen LogP contribution in [0.1, 0.15) is 18.2 Å². The fourth-order valence-electron chi connectivity index (χ4n) is 3.52. The van der Waals surface area contributed by atoms with Gasteiger partial charge in [0, 0.05) is 24.4 Å². The highest BCUT2D eigenvalue weighted by atomic mass is 19.1. The van der Waals surface area contributed by atoms with E-state index in [9.17, 15) is 8.78 Å². The highest BCUT2D eigenvalue weighted by molar-refractivity contribution is 5.91. The topological polar surface area (TPSA) is 51.1 Å². The number of ether oxygens (including phenoxy) is 1. The Bertz CT molecular complexity index is 769. The van der Waals surface area contributed by atoms with Crippen LogP contribution in [0, 0.1) is 18.9 Å². The minimum absolute atomic E-state index is 0.158. The van der Waals surface area contributed by atoms with Gasteiger partial charge in [0.2, 0.25) is 0 Å². The zero-order valence-electron chi connectivity index (χ0n) is 13.1. The smallest absolute Gasteiger partial charge is 0.311 e. The van der Waals surface area contributed by atoms with E-state index >= 15 is 0 Å². The molecule has 2 fully saturated rings. The average Bonchev–Trinajstić information content (AvgIpc) is 3.21. The Hall–Kier alpha value is -1.89. The predicted octanol–water partition coefficient (Wildman–Crippen LogP) is 2.21. The zero-order chi connectivity index (χ0) is 16.1. The molecule has 2 aliphatic rings. The summed E-state index contributed by atoms with van der Waals surface area (Å²) in [4.78, 5) is 14.2. The third kappa shape index (κ3) is 2.25. The fraction of sp³-hybridized carbons (Fsp3) is 0.562. The Labute approximate surface area is 132 Å². The van der Waals surface area contributed by atoms with Gasteiger partial charge >= 0.3 is 6.08 Å². The van der Waals surface area contributed by atoms with Gasteiger partial charge in [-0.15, -0.1) is 0 Å². The Morgan fingerprint density at radius 3 is 3.00 bits per heavy atom. The van der Waals surface area contributed by atoms with E-state index in [1.807, 2.05) is 18.7 Å². The summed E-state index contributed by atoms with van der Waals surface area (Å²) in [5, 5.41) is 0.675. The summed E-state index contributed by atoms with van der Waals surface area (Å²) in [6.45, 7) is 5.24. The molecule has 0 bridgehead atoms. The van der Waals surface area contributed by atoms with Gasteiger partial charge in [0.25, 0.3) is 0 Å². The van der Waals surface area contributed by atoms with Crippen LogP contribution < -0.4 is 4.90 Å². The van der Waals surface area contributed by atoms with Crippen LogP contribution in [0.3, 0.4) is 0 Å². The lowest BCUT2D eigenvalue weighted by molar-refractivity contribution is 0.130. The van der Waals surface area contributed by atoms with Crippen molar-refractivity contribution in [2.24, 2.45) is 5.92 Å². The Balaban J connectivity index is 1.89. The first-order valence-corrected chi connectivity index (χ1v) is 7.92. The van der Waals surface area contributed by atoms with E-state index in [-0.39, 0.29) is 12.0 Å². The van der Waals surface area contributed by atoms with Crippen molar-refractivity contribution in [3.63, 3.8) is 0 Å². The quantitative estimate of drug-likeness (QED) is 0.794. The highest BCUT2D eigenvalue weighted by Crippen LogP contribution is 2.44. The maximum absolute atomic E-state index is 14.0. The minimum Gasteiger partial charge on any atom is -0.379 e. The van der Waals surface area contributed by atoms with E-state index < -0.39 is 12.2 Å². The first-order valence-electron chi connectivity index (χ1n) is 7.92. The number of pyridine rings is 1. The van der Waals surface area contributed by atoms with Crippen molar-refractivity contribution >= 4 is 16.7 Å². The molecule has 0 spiro atoms. The number of hydrogen-bond donors (Lipinski definition) is 0. The first kappa shape index (κ1) is 14.7. The van der Waals surface area contributed by atoms with Crippen molar-refractivity contribution < 1.29 is 13.5 Å². The van der Waals surface area contributed by atoms with E-state index in [1.165, 1.54) is 0 Å². The van der Waals surface area contributed by atoms with Gasteiger partial charge in [-0.3, -0.25) is 4.98 Å². The van der Waals surface area contributed by atoms with Gasteiger partial charge < -0.3 is 9.64 Å². The molecule has 23 heavy (non-hydrogen) atoms. The summed E-state index contributed by atoms with van der Waals surface area (Å²) in [5.74, 6) is 0.268. The standard InChI is InChI=1S/C16H18F2N4O/c1-3-9-8(2)19-6-10-13(9)20-16(18)21-15(10)22-4-5-23-7-11-12(17)14(11)22/h6,11-12,14H,3-5,7H2,1-2H3/t11-,12-,14-/m0/s1. The van der Waals surface area contributed by atoms with Gasteiger partial charge in [0.15, 0.2) is 0 Å². The van der Waals surface area contributed by atoms with Gasteiger partial charge in [-0.2, -0.15) is 9.37 Å². The molecular weight excluding hydrogens is 302 g/mol. The summed E-state index contributed by atoms with van der Waals surface area (Å²) in [7, 11) is 0. The Kier molecular flexibility index (Phi) is 3.41. The second-order valence-corrected chi connectivity index (χ2v) is 6.12. The first-order chi connectivity index (χ1) is 11.1. The molecule has 0 radical (unpaired) electrons. The number of hydrogen-bond acceptors (Lipinski definition) is 5. The highest BCUT2D eigenvalue weighted by Gasteiger charge is 2.56. The van der Waals surface area contributed by atoms with Crippen molar-refractivity contribution in [1.82, 2.24) is 15.0 Å². The van der Waals surface area contributed by atoms with Gasteiger partial charge in [-0.25, -0.2) is 9.37 Å². The van der Waals surface area contributed by atoms with Crippen LogP contribution in [-0.4, -0.2) is 46.9 Å². The molecule has 3 atom stereocenters. The SMILES string of the molecule is CCc1c(C)ncc2c(N3CCOC[C@H]4[C@H](F)[C@H]43)nc(F)nc12.